The van der Waals surface area contributed by atoms with Gasteiger partial charge in [-0.1, -0.05) is 0 Å². The molecule has 0 bridgehead atoms. The predicted molar refractivity (Wildman–Crippen MR) is 119 cm³/mol. The van der Waals surface area contributed by atoms with Crippen molar-refractivity contribution in [2.45, 2.75) is 45.3 Å². The Morgan fingerprint density at radius 1 is 1.21 bits per heavy atom. The zero-order valence-corrected chi connectivity index (χ0v) is 18.2. The van der Waals surface area contributed by atoms with E-state index in [2.05, 4.69) is 15.6 Å². The molecule has 10 heteroatoms. The average Bonchev–Trinajstić information content (AvgIpc) is 3.16. The lowest BCUT2D eigenvalue weighted by Gasteiger charge is -2.14. The molecule has 2 atom stereocenters. The molecule has 33 heavy (non-hydrogen) atoms. The molecule has 176 valence electrons. The summed E-state index contributed by atoms with van der Waals surface area (Å²) in [5.74, 6) is -2.37. The van der Waals surface area contributed by atoms with Gasteiger partial charge < -0.3 is 30.9 Å². The smallest absolute Gasteiger partial charge is 0.305 e. The summed E-state index contributed by atoms with van der Waals surface area (Å²) in [5, 5.41) is 33.5. The van der Waals surface area contributed by atoms with Gasteiger partial charge in [0.25, 0.3) is 11.8 Å². The van der Waals surface area contributed by atoms with E-state index in [1.807, 2.05) is 0 Å². The minimum Gasteiger partial charge on any atom is -0.481 e. The maximum absolute atomic E-state index is 13.7. The number of carboxylic acids is 1. The van der Waals surface area contributed by atoms with E-state index in [9.17, 15) is 29.0 Å². The fraction of sp³-hybridized carbons (Fsp3) is 0.348. The minimum absolute atomic E-state index is 0.105. The number of aliphatic hydroxyl groups excluding tert-OH is 2. The number of anilines is 1. The van der Waals surface area contributed by atoms with Crippen molar-refractivity contribution in [2.75, 3.05) is 11.9 Å². The largest absolute Gasteiger partial charge is 0.481 e. The molecule has 2 amide bonds. The number of rotatable bonds is 9. The highest BCUT2D eigenvalue weighted by Crippen LogP contribution is 2.34. The molecule has 1 aromatic carbocycles. The maximum atomic E-state index is 13.7. The van der Waals surface area contributed by atoms with Gasteiger partial charge in [0.1, 0.15) is 5.82 Å². The highest BCUT2D eigenvalue weighted by Gasteiger charge is 2.26. The van der Waals surface area contributed by atoms with Gasteiger partial charge in [0.15, 0.2) is 0 Å². The Balaban J connectivity index is 1.68. The minimum atomic E-state index is -1.16. The molecule has 0 fully saturated rings. The second kappa shape index (κ2) is 9.97. The number of fused-ring (bicyclic) bond motifs is 1. The van der Waals surface area contributed by atoms with E-state index in [4.69, 9.17) is 5.11 Å². The van der Waals surface area contributed by atoms with Crippen LogP contribution in [0.3, 0.4) is 0 Å². The number of amides is 2. The first kappa shape index (κ1) is 24.1. The van der Waals surface area contributed by atoms with E-state index < -0.39 is 30.4 Å². The van der Waals surface area contributed by atoms with E-state index in [0.29, 0.717) is 33.8 Å². The second-order valence-corrected chi connectivity index (χ2v) is 8.05. The first-order valence-corrected chi connectivity index (χ1v) is 10.4. The normalized spacial score (nSPS) is 15.8. The zero-order chi connectivity index (χ0) is 24.3. The molecular weight excluding hydrogens is 433 g/mol. The summed E-state index contributed by atoms with van der Waals surface area (Å²) in [6, 6.07) is 4.03. The van der Waals surface area contributed by atoms with Crippen molar-refractivity contribution in [3.05, 3.63) is 52.1 Å². The topological polar surface area (TPSA) is 152 Å². The van der Waals surface area contributed by atoms with Crippen LogP contribution in [0.4, 0.5) is 10.1 Å². The Morgan fingerprint density at radius 3 is 2.64 bits per heavy atom. The molecular formula is C23H26FN3O6. The molecule has 9 nitrogen and oxygen atoms in total. The van der Waals surface area contributed by atoms with Crippen LogP contribution in [-0.4, -0.2) is 56.8 Å². The molecule has 0 unspecified atom stereocenters. The van der Waals surface area contributed by atoms with Crippen LogP contribution in [0.1, 0.15) is 52.1 Å². The van der Waals surface area contributed by atoms with Crippen LogP contribution < -0.4 is 10.6 Å². The number of aryl methyl sites for hydroxylation is 1. The predicted octanol–water partition coefficient (Wildman–Crippen LogP) is 1.97. The van der Waals surface area contributed by atoms with Gasteiger partial charge in [-0.15, -0.1) is 0 Å². The SMILES string of the molecule is Cc1[nH]c(/C=C2\C(=O)Nc3ccc(F)cc32)c(C)c1C(=O)NCC[C@@H](O)C[C@@H](O)CC(=O)O. The number of H-pyrrole nitrogens is 1. The molecule has 0 saturated heterocycles. The summed E-state index contributed by atoms with van der Waals surface area (Å²) in [4.78, 5) is 38.7. The average molecular weight is 459 g/mol. The number of carbonyl (C=O) groups excluding carboxylic acids is 2. The number of carboxylic acid groups (broad SMARTS) is 1. The van der Waals surface area contributed by atoms with E-state index in [1.54, 1.807) is 19.9 Å². The Kier molecular flexibility index (Phi) is 7.29. The van der Waals surface area contributed by atoms with Crippen molar-refractivity contribution in [1.82, 2.24) is 10.3 Å². The second-order valence-electron chi connectivity index (χ2n) is 8.05. The molecule has 1 aromatic heterocycles. The number of hydrogen-bond acceptors (Lipinski definition) is 5. The fourth-order valence-corrected chi connectivity index (χ4v) is 3.86. The number of aromatic amines is 1. The molecule has 0 radical (unpaired) electrons. The van der Waals surface area contributed by atoms with Crippen molar-refractivity contribution >= 4 is 35.1 Å². The lowest BCUT2D eigenvalue weighted by molar-refractivity contribution is -0.139. The third-order valence-corrected chi connectivity index (χ3v) is 5.47. The van der Waals surface area contributed by atoms with Crippen LogP contribution in [0.5, 0.6) is 0 Å². The van der Waals surface area contributed by atoms with Gasteiger partial charge in [-0.2, -0.15) is 0 Å². The molecule has 0 spiro atoms. The Morgan fingerprint density at radius 2 is 1.94 bits per heavy atom. The van der Waals surface area contributed by atoms with Crippen molar-refractivity contribution in [3.8, 4) is 0 Å². The molecule has 0 saturated carbocycles. The first-order chi connectivity index (χ1) is 15.6. The van der Waals surface area contributed by atoms with Gasteiger partial charge in [0, 0.05) is 29.2 Å². The number of aromatic nitrogens is 1. The molecule has 6 N–H and O–H groups in total. The molecule has 0 aliphatic carbocycles. The number of hydrogen-bond donors (Lipinski definition) is 6. The molecule has 2 heterocycles. The maximum Gasteiger partial charge on any atom is 0.305 e. The Bertz CT molecular complexity index is 1120. The molecule has 3 rings (SSSR count). The lowest BCUT2D eigenvalue weighted by Crippen LogP contribution is -2.29. The Labute approximate surface area is 189 Å². The van der Waals surface area contributed by atoms with Gasteiger partial charge in [-0.25, -0.2) is 4.39 Å². The van der Waals surface area contributed by atoms with Crippen molar-refractivity contribution in [1.29, 1.82) is 0 Å². The summed E-state index contributed by atoms with van der Waals surface area (Å²) >= 11 is 0. The monoisotopic (exact) mass is 459 g/mol. The number of halogens is 1. The van der Waals surface area contributed by atoms with Crippen LogP contribution in [0, 0.1) is 19.7 Å². The van der Waals surface area contributed by atoms with Crippen LogP contribution in [0.2, 0.25) is 0 Å². The third-order valence-electron chi connectivity index (χ3n) is 5.47. The fourth-order valence-electron chi connectivity index (χ4n) is 3.86. The van der Waals surface area contributed by atoms with Gasteiger partial charge in [-0.3, -0.25) is 14.4 Å². The van der Waals surface area contributed by atoms with E-state index in [1.165, 1.54) is 18.2 Å². The van der Waals surface area contributed by atoms with Gasteiger partial charge >= 0.3 is 5.97 Å². The quantitative estimate of drug-likeness (QED) is 0.316. The lowest BCUT2D eigenvalue weighted by atomic mass is 10.0. The van der Waals surface area contributed by atoms with Crippen LogP contribution in [0.15, 0.2) is 18.2 Å². The molecule has 1 aliphatic heterocycles. The summed E-state index contributed by atoms with van der Waals surface area (Å²) < 4.78 is 13.7. The molecule has 1 aliphatic rings. The van der Waals surface area contributed by atoms with Gasteiger partial charge in [-0.05, 0) is 56.5 Å². The first-order valence-electron chi connectivity index (χ1n) is 10.4. The van der Waals surface area contributed by atoms with Crippen molar-refractivity contribution < 1.29 is 34.1 Å². The number of aliphatic carboxylic acids is 1. The number of benzene rings is 1. The molecule has 2 aromatic rings. The van der Waals surface area contributed by atoms with E-state index in [0.717, 1.165) is 0 Å². The number of aliphatic hydroxyl groups is 2. The zero-order valence-electron chi connectivity index (χ0n) is 18.2. The van der Waals surface area contributed by atoms with Gasteiger partial charge in [0.05, 0.1) is 29.8 Å². The highest BCUT2D eigenvalue weighted by atomic mass is 19.1. The Hall–Kier alpha value is -3.50. The summed E-state index contributed by atoms with van der Waals surface area (Å²) in [6.07, 6.45) is -0.971. The van der Waals surface area contributed by atoms with Crippen molar-refractivity contribution in [3.63, 3.8) is 0 Å². The number of carbonyl (C=O) groups is 3. The van der Waals surface area contributed by atoms with Crippen molar-refractivity contribution in [2.24, 2.45) is 0 Å². The van der Waals surface area contributed by atoms with Gasteiger partial charge in [0.2, 0.25) is 0 Å². The standard InChI is InChI=1S/C23H26FN3O6/c1-11-19(10-17-16-7-13(24)3-4-18(16)27-22(17)32)26-12(2)21(11)23(33)25-6-5-14(28)8-15(29)9-20(30)31/h3-4,7,10,14-15,26,28-29H,5-6,8-9H2,1-2H3,(H,25,33)(H,27,32)(H,30,31)/b17-10-/t14-,15-/m1/s1. The summed E-state index contributed by atoms with van der Waals surface area (Å²) in [6.45, 7) is 3.56. The summed E-state index contributed by atoms with van der Waals surface area (Å²) in [5.41, 5.74) is 3.34. The highest BCUT2D eigenvalue weighted by molar-refractivity contribution is 6.34. The summed E-state index contributed by atoms with van der Waals surface area (Å²) in [7, 11) is 0. The van der Waals surface area contributed by atoms with Crippen LogP contribution in [-0.2, 0) is 9.59 Å². The van der Waals surface area contributed by atoms with Crippen LogP contribution in [0.25, 0.3) is 11.6 Å². The van der Waals surface area contributed by atoms with E-state index in [-0.39, 0.29) is 36.8 Å². The van der Waals surface area contributed by atoms with E-state index >= 15 is 0 Å². The third kappa shape index (κ3) is 5.65. The van der Waals surface area contributed by atoms with Crippen LogP contribution >= 0.6 is 0 Å². The number of nitrogens with one attached hydrogen (secondary N) is 3.